The first-order chi connectivity index (χ1) is 19.3. The van der Waals surface area contributed by atoms with Crippen LogP contribution in [0.15, 0.2) is 41.3 Å². The number of aryl methyl sites for hydroxylation is 2. The number of ketones is 3. The molecule has 0 atom stereocenters. The number of nitro benzene ring substituents is 1. The Labute approximate surface area is 243 Å². The van der Waals surface area contributed by atoms with Gasteiger partial charge in [0.15, 0.2) is 27.2 Å². The Hall–Kier alpha value is -3.48. The van der Waals surface area contributed by atoms with Crippen molar-refractivity contribution in [2.45, 2.75) is 50.8 Å². The zero-order valence-electron chi connectivity index (χ0n) is 23.3. The molecule has 2 aromatic rings. The topological polar surface area (TPSA) is 158 Å². The quantitative estimate of drug-likeness (QED) is 0.0966. The zero-order chi connectivity index (χ0) is 30.9. The fraction of sp³-hybridized carbons (Fsp3) is 0.429. The summed E-state index contributed by atoms with van der Waals surface area (Å²) < 4.78 is 28.1. The molecule has 0 heterocycles. The van der Waals surface area contributed by atoms with Gasteiger partial charge in [0.25, 0.3) is 5.69 Å². The highest BCUT2D eigenvalue weighted by molar-refractivity contribution is 7.90. The highest BCUT2D eigenvalue weighted by atomic mass is 35.5. The van der Waals surface area contributed by atoms with E-state index in [-0.39, 0.29) is 36.3 Å². The fourth-order valence-electron chi connectivity index (χ4n) is 4.48. The molecule has 1 fully saturated rings. The lowest BCUT2D eigenvalue weighted by Gasteiger charge is -2.26. The minimum atomic E-state index is -3.70. The van der Waals surface area contributed by atoms with Gasteiger partial charge in [0.2, 0.25) is 5.91 Å². The summed E-state index contributed by atoms with van der Waals surface area (Å²) in [4.78, 5) is 59.6. The number of ether oxygens (including phenoxy) is 1. The van der Waals surface area contributed by atoms with E-state index in [1.54, 1.807) is 12.0 Å². The molecule has 0 bridgehead atoms. The molecule has 1 aliphatic carbocycles. The van der Waals surface area contributed by atoms with Crippen LogP contribution in [-0.2, 0) is 41.8 Å². The summed E-state index contributed by atoms with van der Waals surface area (Å²) >= 11 is 5.68. The predicted molar refractivity (Wildman–Crippen MR) is 153 cm³/mol. The van der Waals surface area contributed by atoms with E-state index < -0.39 is 49.3 Å². The number of rotatable bonds is 10. The van der Waals surface area contributed by atoms with Crippen molar-refractivity contribution in [3.05, 3.63) is 63.2 Å². The number of methoxy groups -OCH3 is 1. The van der Waals surface area contributed by atoms with Crippen LogP contribution in [0.25, 0.3) is 0 Å². The molecule has 1 amide bonds. The molecule has 2 aromatic carbocycles. The normalized spacial score (nSPS) is 13.8. The molecule has 11 nitrogen and oxygen atoms in total. The van der Waals surface area contributed by atoms with E-state index in [2.05, 4.69) is 13.8 Å². The highest BCUT2D eigenvalue weighted by Gasteiger charge is 2.39. The van der Waals surface area contributed by atoms with Gasteiger partial charge in [-0.25, -0.2) is 8.42 Å². The van der Waals surface area contributed by atoms with Gasteiger partial charge in [0.05, 0.1) is 21.1 Å². The van der Waals surface area contributed by atoms with Gasteiger partial charge >= 0.3 is 0 Å². The number of nitrogens with zero attached hydrogens (tertiary/aromatic N) is 2. The molecule has 1 aliphatic rings. The van der Waals surface area contributed by atoms with Gasteiger partial charge in [-0.15, -0.1) is 11.6 Å². The van der Waals surface area contributed by atoms with Gasteiger partial charge in [-0.3, -0.25) is 34.2 Å². The van der Waals surface area contributed by atoms with Crippen LogP contribution in [0.1, 0.15) is 54.6 Å². The minimum absolute atomic E-state index is 0.0371. The van der Waals surface area contributed by atoms with Crippen molar-refractivity contribution < 1.29 is 37.3 Å². The first-order valence-corrected chi connectivity index (χ1v) is 15.3. The first-order valence-electron chi connectivity index (χ1n) is 12.9. The maximum absolute atomic E-state index is 12.4. The van der Waals surface area contributed by atoms with Gasteiger partial charge < -0.3 is 4.74 Å². The number of benzene rings is 2. The number of carbonyl (C=O) groups excluding carboxylic acids is 4. The van der Waals surface area contributed by atoms with Crippen molar-refractivity contribution in [2.24, 2.45) is 5.92 Å². The van der Waals surface area contributed by atoms with Gasteiger partial charge in [-0.2, -0.15) is 0 Å². The number of nitro groups is 1. The summed E-state index contributed by atoms with van der Waals surface area (Å²) in [7, 11) is -2.12. The third-order valence-electron chi connectivity index (χ3n) is 6.52. The molecule has 0 saturated heterocycles. The maximum atomic E-state index is 12.4. The monoisotopic (exact) mass is 608 g/mol. The van der Waals surface area contributed by atoms with Crippen LogP contribution in [0, 0.1) is 16.0 Å². The minimum Gasteiger partial charge on any atom is -0.364 e. The summed E-state index contributed by atoms with van der Waals surface area (Å²) in [6, 6.07) is 8.90. The molecule has 1 saturated carbocycles. The lowest BCUT2D eigenvalue weighted by Crippen LogP contribution is -2.35. The van der Waals surface area contributed by atoms with Crippen LogP contribution in [0.5, 0.6) is 0 Å². The summed E-state index contributed by atoms with van der Waals surface area (Å²) in [5.74, 6) is -3.78. The van der Waals surface area contributed by atoms with E-state index in [1.165, 1.54) is 0 Å². The summed E-state index contributed by atoms with van der Waals surface area (Å²) in [5, 5.41) is 11.1. The summed E-state index contributed by atoms with van der Waals surface area (Å²) in [6.07, 6.45) is 3.12. The number of sulfone groups is 1. The second-order valence-electron chi connectivity index (χ2n) is 9.30. The molecule has 3 rings (SSSR count). The Balaban J connectivity index is 0.000000296. The van der Waals surface area contributed by atoms with Crippen LogP contribution >= 0.6 is 11.6 Å². The average molecular weight is 609 g/mol. The van der Waals surface area contributed by atoms with Crippen molar-refractivity contribution in [3.63, 3.8) is 0 Å². The van der Waals surface area contributed by atoms with E-state index in [0.717, 1.165) is 54.1 Å². The van der Waals surface area contributed by atoms with Crippen molar-refractivity contribution in [3.8, 4) is 0 Å². The van der Waals surface area contributed by atoms with Crippen molar-refractivity contribution in [2.75, 3.05) is 30.9 Å². The molecule has 0 aliphatic heterocycles. The Morgan fingerprint density at radius 3 is 2.07 bits per heavy atom. The number of Topliss-reactive ketones (excluding diaryl/α,β-unsaturated/α-hetero) is 3. The number of halogens is 1. The van der Waals surface area contributed by atoms with Crippen molar-refractivity contribution in [1.82, 2.24) is 0 Å². The molecule has 0 unspecified atom stereocenters. The average Bonchev–Trinajstić information content (AvgIpc) is 2.94. The number of carbonyl (C=O) groups is 4. The molecule has 0 N–H and O–H groups in total. The van der Waals surface area contributed by atoms with Crippen LogP contribution in [-0.4, -0.2) is 62.6 Å². The molecule has 41 heavy (non-hydrogen) atoms. The Morgan fingerprint density at radius 2 is 1.63 bits per heavy atom. The van der Waals surface area contributed by atoms with E-state index in [4.69, 9.17) is 16.3 Å². The molecular weight excluding hydrogens is 576 g/mol. The highest BCUT2D eigenvalue weighted by Crippen LogP contribution is 2.29. The van der Waals surface area contributed by atoms with E-state index in [9.17, 15) is 37.7 Å². The molecule has 222 valence electrons. The van der Waals surface area contributed by atoms with Crippen LogP contribution in [0.3, 0.4) is 0 Å². The van der Waals surface area contributed by atoms with Gasteiger partial charge in [0, 0.05) is 32.3 Å². The Morgan fingerprint density at radius 1 is 1.07 bits per heavy atom. The second kappa shape index (κ2) is 14.9. The summed E-state index contributed by atoms with van der Waals surface area (Å²) in [6.45, 7) is 4.39. The molecule has 0 aromatic heterocycles. The number of hydrogen-bond acceptors (Lipinski definition) is 9. The number of alkyl halides is 1. The standard InChI is InChI=1S/C14H20ClNO2.C14H13NO7S/c1-4-11-7-6-8-12(5-2)14(11)16(10-18-3)13(17)9-15;1-23(21,22)8-5-6-9(10(7-8)15(19)20)14(18)13-11(16)3-2-4-12(13)17/h6-8H,4-5,9-10H2,1-3H3;5-7,13H,2-4H2,1H3. The molecule has 13 heteroatoms. The van der Waals surface area contributed by atoms with Crippen LogP contribution in [0.2, 0.25) is 0 Å². The zero-order valence-corrected chi connectivity index (χ0v) is 24.9. The van der Waals surface area contributed by atoms with Crippen molar-refractivity contribution in [1.29, 1.82) is 0 Å². The van der Waals surface area contributed by atoms with Gasteiger partial charge in [0.1, 0.15) is 18.5 Å². The maximum Gasteiger partial charge on any atom is 0.281 e. The number of hydrogen-bond donors (Lipinski definition) is 0. The third kappa shape index (κ3) is 8.27. The fourth-order valence-corrected chi connectivity index (χ4v) is 5.26. The van der Waals surface area contributed by atoms with Gasteiger partial charge in [-0.05, 0) is 42.5 Å². The molecule has 0 spiro atoms. The molecular formula is C28H33ClN2O9S. The van der Waals surface area contributed by atoms with Crippen LogP contribution in [0.4, 0.5) is 11.4 Å². The Kier molecular flexibility index (Phi) is 12.3. The first kappa shape index (κ1) is 33.7. The predicted octanol–water partition coefficient (Wildman–Crippen LogP) is 4.11. The largest absolute Gasteiger partial charge is 0.364 e. The smallest absolute Gasteiger partial charge is 0.281 e. The lowest BCUT2D eigenvalue weighted by atomic mass is 9.81. The number of amides is 1. The van der Waals surface area contributed by atoms with Crippen LogP contribution < -0.4 is 4.90 Å². The van der Waals surface area contributed by atoms with Gasteiger partial charge in [-0.1, -0.05) is 32.0 Å². The Bertz CT molecular complexity index is 1400. The van der Waals surface area contributed by atoms with E-state index in [0.29, 0.717) is 6.42 Å². The number of para-hydroxylation sites is 1. The third-order valence-corrected chi connectivity index (χ3v) is 7.86. The number of anilines is 1. The molecule has 0 radical (unpaired) electrons. The second-order valence-corrected chi connectivity index (χ2v) is 11.6. The lowest BCUT2D eigenvalue weighted by molar-refractivity contribution is -0.385. The van der Waals surface area contributed by atoms with E-state index in [1.807, 2.05) is 18.2 Å². The summed E-state index contributed by atoms with van der Waals surface area (Å²) in [5.41, 5.74) is 2.07. The van der Waals surface area contributed by atoms with Crippen molar-refractivity contribution >= 4 is 56.1 Å². The SMILES string of the molecule is CCc1cccc(CC)c1N(COC)C(=O)CCl.CS(=O)(=O)c1ccc(C(=O)C2C(=O)CCCC2=O)c([N+](=O)[O-])c1. The van der Waals surface area contributed by atoms with E-state index >= 15 is 0 Å².